The number of sulfonamides is 1. The molecule has 3 aromatic rings. The maximum Gasteiger partial charge on any atom is 0.243 e. The number of ether oxygens (including phenoxy) is 4. The highest BCUT2D eigenvalue weighted by Crippen LogP contribution is 2.43. The van der Waals surface area contributed by atoms with Crippen LogP contribution in [0.2, 0.25) is 0 Å². The SMILES string of the molecule is COc1cccc(OC)c1-n1c(NS(=O)(=O)[C@@H](C)[C@@H](OC(C)C)c2ncc(C)cn2)nnc1[C@H]1C[C@@H](OC)C1. The molecular weight excluding hydrogens is 524 g/mol. The summed E-state index contributed by atoms with van der Waals surface area (Å²) in [5, 5.41) is 7.60. The molecule has 1 fully saturated rings. The topological polar surface area (TPSA) is 140 Å². The number of methoxy groups -OCH3 is 3. The summed E-state index contributed by atoms with van der Waals surface area (Å²) in [6.07, 6.45) is 3.63. The van der Waals surface area contributed by atoms with Crippen molar-refractivity contribution in [1.29, 1.82) is 0 Å². The molecule has 0 saturated heterocycles. The van der Waals surface area contributed by atoms with E-state index in [1.54, 1.807) is 49.2 Å². The van der Waals surface area contributed by atoms with Crippen molar-refractivity contribution in [2.45, 2.75) is 70.0 Å². The molecule has 39 heavy (non-hydrogen) atoms. The molecule has 0 spiro atoms. The molecule has 2 aromatic heterocycles. The summed E-state index contributed by atoms with van der Waals surface area (Å²) in [6, 6.07) is 5.32. The quantitative estimate of drug-likeness (QED) is 0.350. The molecule has 0 unspecified atom stereocenters. The summed E-state index contributed by atoms with van der Waals surface area (Å²) in [4.78, 5) is 8.68. The van der Waals surface area contributed by atoms with Gasteiger partial charge < -0.3 is 18.9 Å². The zero-order valence-electron chi connectivity index (χ0n) is 23.3. The van der Waals surface area contributed by atoms with Gasteiger partial charge in [0.1, 0.15) is 34.4 Å². The molecule has 0 amide bonds. The lowest BCUT2D eigenvalue weighted by molar-refractivity contribution is 0.00152. The monoisotopic (exact) mass is 560 g/mol. The van der Waals surface area contributed by atoms with Crippen molar-refractivity contribution in [3.05, 3.63) is 47.8 Å². The number of benzene rings is 1. The Morgan fingerprint density at radius 1 is 1.00 bits per heavy atom. The van der Waals surface area contributed by atoms with Crippen LogP contribution < -0.4 is 14.2 Å². The van der Waals surface area contributed by atoms with Crippen LogP contribution in [-0.2, 0) is 19.5 Å². The van der Waals surface area contributed by atoms with E-state index in [1.165, 1.54) is 14.2 Å². The number of anilines is 1. The van der Waals surface area contributed by atoms with Gasteiger partial charge in [-0.2, -0.15) is 0 Å². The average molecular weight is 561 g/mol. The highest BCUT2D eigenvalue weighted by atomic mass is 32.2. The predicted octanol–water partition coefficient (Wildman–Crippen LogP) is 3.57. The Hall–Kier alpha value is -3.29. The molecule has 4 rings (SSSR count). The van der Waals surface area contributed by atoms with Gasteiger partial charge in [-0.25, -0.2) is 18.4 Å². The maximum atomic E-state index is 13.8. The van der Waals surface area contributed by atoms with E-state index in [-0.39, 0.29) is 29.9 Å². The number of nitrogens with zero attached hydrogens (tertiary/aromatic N) is 5. The van der Waals surface area contributed by atoms with E-state index in [0.29, 0.717) is 23.0 Å². The molecule has 1 aliphatic rings. The molecule has 2 heterocycles. The van der Waals surface area contributed by atoms with Crippen LogP contribution in [0.15, 0.2) is 30.6 Å². The lowest BCUT2D eigenvalue weighted by Gasteiger charge is -2.33. The van der Waals surface area contributed by atoms with Crippen LogP contribution in [0.5, 0.6) is 11.5 Å². The second-order valence-corrected chi connectivity index (χ2v) is 11.9. The zero-order valence-corrected chi connectivity index (χ0v) is 24.1. The number of rotatable bonds is 12. The van der Waals surface area contributed by atoms with Crippen LogP contribution in [0.1, 0.15) is 62.8 Å². The highest BCUT2D eigenvalue weighted by molar-refractivity contribution is 7.93. The summed E-state index contributed by atoms with van der Waals surface area (Å²) in [7, 11) is 0.654. The van der Waals surface area contributed by atoms with Crippen molar-refractivity contribution in [2.75, 3.05) is 26.1 Å². The van der Waals surface area contributed by atoms with Crippen molar-refractivity contribution in [3.63, 3.8) is 0 Å². The van der Waals surface area contributed by atoms with Crippen LogP contribution in [0.3, 0.4) is 0 Å². The molecule has 0 bridgehead atoms. The first-order valence-electron chi connectivity index (χ1n) is 12.7. The molecule has 1 aromatic carbocycles. The molecule has 0 aliphatic heterocycles. The summed E-state index contributed by atoms with van der Waals surface area (Å²) in [6.45, 7) is 7.07. The van der Waals surface area contributed by atoms with Crippen LogP contribution in [0, 0.1) is 6.92 Å². The fourth-order valence-corrected chi connectivity index (χ4v) is 5.56. The molecule has 0 radical (unpaired) electrons. The van der Waals surface area contributed by atoms with Crippen molar-refractivity contribution >= 4 is 16.0 Å². The van der Waals surface area contributed by atoms with E-state index in [9.17, 15) is 8.42 Å². The fraction of sp³-hybridized carbons (Fsp3) is 0.538. The Morgan fingerprint density at radius 2 is 1.62 bits per heavy atom. The van der Waals surface area contributed by atoms with Gasteiger partial charge >= 0.3 is 0 Å². The van der Waals surface area contributed by atoms with Crippen LogP contribution in [0.4, 0.5) is 5.95 Å². The second kappa shape index (κ2) is 11.8. The number of aryl methyl sites for hydroxylation is 1. The molecule has 12 nitrogen and oxygen atoms in total. The number of hydrogen-bond donors (Lipinski definition) is 1. The van der Waals surface area contributed by atoms with Gasteiger partial charge in [0.15, 0.2) is 5.82 Å². The molecular formula is C26H36N6O6S. The second-order valence-electron chi connectivity index (χ2n) is 9.83. The van der Waals surface area contributed by atoms with E-state index in [2.05, 4.69) is 24.9 Å². The molecule has 2 atom stereocenters. The number of nitrogens with one attached hydrogen (secondary N) is 1. The van der Waals surface area contributed by atoms with Gasteiger partial charge in [-0.1, -0.05) is 6.07 Å². The molecule has 1 saturated carbocycles. The van der Waals surface area contributed by atoms with Crippen molar-refractivity contribution in [2.24, 2.45) is 0 Å². The number of para-hydroxylation sites is 1. The van der Waals surface area contributed by atoms with Crippen molar-refractivity contribution in [1.82, 2.24) is 24.7 Å². The van der Waals surface area contributed by atoms with Crippen LogP contribution >= 0.6 is 0 Å². The molecule has 1 N–H and O–H groups in total. The van der Waals surface area contributed by atoms with Gasteiger partial charge in [-0.05, 0) is 58.2 Å². The first-order valence-corrected chi connectivity index (χ1v) is 14.3. The summed E-state index contributed by atoms with van der Waals surface area (Å²) in [5.74, 6) is 1.81. The minimum Gasteiger partial charge on any atom is -0.494 e. The third-order valence-corrected chi connectivity index (χ3v) is 8.42. The maximum absolute atomic E-state index is 13.8. The Kier molecular flexibility index (Phi) is 8.72. The first-order chi connectivity index (χ1) is 18.6. The molecule has 212 valence electrons. The Balaban J connectivity index is 1.77. The van der Waals surface area contributed by atoms with Gasteiger partial charge in [0.25, 0.3) is 0 Å². The van der Waals surface area contributed by atoms with Gasteiger partial charge in [-0.3, -0.25) is 9.29 Å². The van der Waals surface area contributed by atoms with E-state index in [4.69, 9.17) is 18.9 Å². The predicted molar refractivity (Wildman–Crippen MR) is 145 cm³/mol. The van der Waals surface area contributed by atoms with Crippen molar-refractivity contribution in [3.8, 4) is 17.2 Å². The van der Waals surface area contributed by atoms with E-state index in [1.807, 2.05) is 20.8 Å². The Labute approximate surface area is 229 Å². The lowest BCUT2D eigenvalue weighted by atomic mass is 9.81. The third-order valence-electron chi connectivity index (χ3n) is 6.73. The third kappa shape index (κ3) is 5.99. The van der Waals surface area contributed by atoms with Crippen molar-refractivity contribution < 1.29 is 27.4 Å². The highest BCUT2D eigenvalue weighted by Gasteiger charge is 2.39. The summed E-state index contributed by atoms with van der Waals surface area (Å²) in [5.41, 5.74) is 1.35. The average Bonchev–Trinajstić information content (AvgIpc) is 3.27. The van der Waals surface area contributed by atoms with Gasteiger partial charge in [0.05, 0.1) is 26.4 Å². The standard InChI is InChI=1S/C26H36N6O6S/c1-15(2)38-23(24-27-13-16(3)14-28-24)17(4)39(33,34)31-26-30-29-25(18-11-19(12-18)35-5)32(26)22-20(36-6)9-8-10-21(22)37-7/h8-10,13-15,17-19,23H,11-12H2,1-7H3,(H,30,31)/t17-,18-,19+,23+/m0/s1. The smallest absolute Gasteiger partial charge is 0.243 e. The minimum absolute atomic E-state index is 0.00530. The zero-order chi connectivity index (χ0) is 28.3. The lowest BCUT2D eigenvalue weighted by Crippen LogP contribution is -2.35. The first kappa shape index (κ1) is 28.7. The Morgan fingerprint density at radius 3 is 2.15 bits per heavy atom. The van der Waals surface area contributed by atoms with Gasteiger partial charge in [0.2, 0.25) is 16.0 Å². The van der Waals surface area contributed by atoms with E-state index >= 15 is 0 Å². The van der Waals surface area contributed by atoms with E-state index in [0.717, 1.165) is 18.4 Å². The minimum atomic E-state index is -4.09. The largest absolute Gasteiger partial charge is 0.494 e. The Bertz CT molecular complexity index is 1350. The van der Waals surface area contributed by atoms with Gasteiger partial charge in [-0.15, -0.1) is 10.2 Å². The molecule has 1 aliphatic carbocycles. The van der Waals surface area contributed by atoms with Crippen LogP contribution in [-0.4, -0.2) is 71.9 Å². The summed E-state index contributed by atoms with van der Waals surface area (Å²) >= 11 is 0. The number of aromatic nitrogens is 5. The van der Waals surface area contributed by atoms with E-state index < -0.39 is 21.4 Å². The number of hydrogen-bond acceptors (Lipinski definition) is 10. The normalized spacial score (nSPS) is 18.9. The van der Waals surface area contributed by atoms with Crippen LogP contribution in [0.25, 0.3) is 5.69 Å². The fourth-order valence-electron chi connectivity index (χ4n) is 4.48. The summed E-state index contributed by atoms with van der Waals surface area (Å²) < 4.78 is 54.6. The molecule has 13 heteroatoms. The van der Waals surface area contributed by atoms with Gasteiger partial charge in [0, 0.05) is 25.4 Å².